The molecule has 0 radical (unpaired) electrons. The van der Waals surface area contributed by atoms with Crippen LogP contribution in [0.1, 0.15) is 63.0 Å². The largest absolute Gasteiger partial charge is 0.496 e. The molecule has 0 heterocycles. The first-order chi connectivity index (χ1) is 10.1. The number of carboxylic acid groups (broad SMARTS) is 1. The summed E-state index contributed by atoms with van der Waals surface area (Å²) in [5.74, 6) is 0.328. The fourth-order valence-electron chi connectivity index (χ4n) is 2.53. The minimum absolute atomic E-state index is 0.544. The zero-order valence-electron chi connectivity index (χ0n) is 13.3. The van der Waals surface area contributed by atoms with Crippen molar-refractivity contribution in [2.75, 3.05) is 7.11 Å². The van der Waals surface area contributed by atoms with Gasteiger partial charge in [0, 0.05) is 11.6 Å². The third-order valence-electron chi connectivity index (χ3n) is 3.78. The van der Waals surface area contributed by atoms with E-state index in [-0.39, 0.29) is 0 Å². The predicted molar refractivity (Wildman–Crippen MR) is 86.8 cm³/mol. The average molecular weight is 290 g/mol. The summed E-state index contributed by atoms with van der Waals surface area (Å²) in [5, 5.41) is 8.71. The standard InChI is InChI=1S/C18H26O3/c1-4-6-7-8-14(5-2)16-10-9-15(11-12-18(19)20)17(13-16)21-3/h9-14H,4-8H2,1-3H3,(H,19,20)/b12-11+. The summed E-state index contributed by atoms with van der Waals surface area (Å²) in [6.45, 7) is 4.43. The lowest BCUT2D eigenvalue weighted by Gasteiger charge is -2.17. The molecule has 0 aromatic heterocycles. The van der Waals surface area contributed by atoms with Crippen LogP contribution in [0.15, 0.2) is 24.3 Å². The van der Waals surface area contributed by atoms with Gasteiger partial charge in [0.25, 0.3) is 0 Å². The van der Waals surface area contributed by atoms with Crippen molar-refractivity contribution in [3.05, 3.63) is 35.4 Å². The van der Waals surface area contributed by atoms with Gasteiger partial charge in [-0.05, 0) is 36.5 Å². The minimum atomic E-state index is -0.952. The third kappa shape index (κ3) is 5.62. The summed E-state index contributed by atoms with van der Waals surface area (Å²) in [7, 11) is 1.62. The SMILES string of the molecule is CCCCCC(CC)c1ccc(/C=C/C(=O)O)c(OC)c1. The first-order valence-corrected chi connectivity index (χ1v) is 7.71. The van der Waals surface area contributed by atoms with Crippen molar-refractivity contribution in [1.82, 2.24) is 0 Å². The Bertz CT molecular complexity index is 477. The molecule has 1 atom stereocenters. The van der Waals surface area contributed by atoms with Crippen molar-refractivity contribution in [2.24, 2.45) is 0 Å². The van der Waals surface area contributed by atoms with Crippen LogP contribution in [0.25, 0.3) is 6.08 Å². The Kier molecular flexibility index (Phi) is 7.59. The lowest BCUT2D eigenvalue weighted by molar-refractivity contribution is -0.131. The molecule has 0 aliphatic rings. The van der Waals surface area contributed by atoms with Crippen LogP contribution < -0.4 is 4.74 Å². The predicted octanol–water partition coefficient (Wildman–Crippen LogP) is 4.87. The fraction of sp³-hybridized carbons (Fsp3) is 0.500. The van der Waals surface area contributed by atoms with Gasteiger partial charge in [0.1, 0.15) is 5.75 Å². The second-order valence-corrected chi connectivity index (χ2v) is 5.27. The highest BCUT2D eigenvalue weighted by Gasteiger charge is 2.11. The molecule has 3 nitrogen and oxygen atoms in total. The smallest absolute Gasteiger partial charge is 0.328 e. The Hall–Kier alpha value is -1.77. The van der Waals surface area contributed by atoms with Crippen LogP contribution in [0.3, 0.4) is 0 Å². The summed E-state index contributed by atoms with van der Waals surface area (Å²) < 4.78 is 5.39. The Balaban J connectivity index is 2.91. The number of carbonyl (C=O) groups is 1. The molecule has 1 N–H and O–H groups in total. The Morgan fingerprint density at radius 2 is 2.10 bits per heavy atom. The molecule has 0 amide bonds. The first kappa shape index (κ1) is 17.3. The topological polar surface area (TPSA) is 46.5 Å². The molecule has 1 unspecified atom stereocenters. The molecular weight excluding hydrogens is 264 g/mol. The van der Waals surface area contributed by atoms with Gasteiger partial charge in [-0.1, -0.05) is 45.2 Å². The van der Waals surface area contributed by atoms with E-state index in [2.05, 4.69) is 19.9 Å². The number of rotatable bonds is 9. The van der Waals surface area contributed by atoms with Gasteiger partial charge in [0.05, 0.1) is 7.11 Å². The van der Waals surface area contributed by atoms with Gasteiger partial charge in [0.15, 0.2) is 0 Å². The number of ether oxygens (including phenoxy) is 1. The molecule has 1 aromatic rings. The van der Waals surface area contributed by atoms with E-state index in [1.54, 1.807) is 13.2 Å². The number of carboxylic acids is 1. The van der Waals surface area contributed by atoms with E-state index in [1.165, 1.54) is 31.2 Å². The Labute approximate surface area is 127 Å². The van der Waals surface area contributed by atoms with Crippen LogP contribution >= 0.6 is 0 Å². The van der Waals surface area contributed by atoms with Crippen LogP contribution in [0.2, 0.25) is 0 Å². The number of aliphatic carboxylic acids is 1. The molecule has 1 aromatic carbocycles. The molecule has 0 aliphatic carbocycles. The van der Waals surface area contributed by atoms with Crippen molar-refractivity contribution < 1.29 is 14.6 Å². The van der Waals surface area contributed by atoms with Gasteiger partial charge in [-0.15, -0.1) is 0 Å². The summed E-state index contributed by atoms with van der Waals surface area (Å²) in [5.41, 5.74) is 2.07. The number of methoxy groups -OCH3 is 1. The van der Waals surface area contributed by atoms with Crippen molar-refractivity contribution in [2.45, 2.75) is 51.9 Å². The van der Waals surface area contributed by atoms with Crippen molar-refractivity contribution in [3.8, 4) is 5.75 Å². The number of hydrogen-bond acceptors (Lipinski definition) is 2. The van der Waals surface area contributed by atoms with Crippen LogP contribution in [0.4, 0.5) is 0 Å². The highest BCUT2D eigenvalue weighted by atomic mass is 16.5. The molecule has 21 heavy (non-hydrogen) atoms. The van der Waals surface area contributed by atoms with E-state index in [1.807, 2.05) is 12.1 Å². The van der Waals surface area contributed by atoms with E-state index < -0.39 is 5.97 Å². The van der Waals surface area contributed by atoms with Crippen LogP contribution in [0, 0.1) is 0 Å². The molecule has 0 fully saturated rings. The molecule has 0 saturated heterocycles. The molecule has 0 aliphatic heterocycles. The van der Waals surface area contributed by atoms with Gasteiger partial charge in [-0.2, -0.15) is 0 Å². The summed E-state index contributed by atoms with van der Waals surface area (Å²) >= 11 is 0. The van der Waals surface area contributed by atoms with Gasteiger partial charge in [-0.3, -0.25) is 0 Å². The number of benzene rings is 1. The lowest BCUT2D eigenvalue weighted by atomic mass is 9.90. The molecular formula is C18H26O3. The highest BCUT2D eigenvalue weighted by molar-refractivity contribution is 5.85. The molecule has 3 heteroatoms. The normalized spacial score (nSPS) is 12.5. The second-order valence-electron chi connectivity index (χ2n) is 5.27. The maximum Gasteiger partial charge on any atom is 0.328 e. The average Bonchev–Trinajstić information content (AvgIpc) is 2.49. The zero-order valence-corrected chi connectivity index (χ0v) is 13.3. The molecule has 0 bridgehead atoms. The minimum Gasteiger partial charge on any atom is -0.496 e. The van der Waals surface area contributed by atoms with Gasteiger partial charge < -0.3 is 9.84 Å². The zero-order chi connectivity index (χ0) is 15.7. The van der Waals surface area contributed by atoms with E-state index in [9.17, 15) is 4.79 Å². The van der Waals surface area contributed by atoms with E-state index in [0.717, 1.165) is 23.8 Å². The monoisotopic (exact) mass is 290 g/mol. The maximum absolute atomic E-state index is 10.6. The summed E-state index contributed by atoms with van der Waals surface area (Å²) in [4.78, 5) is 10.6. The third-order valence-corrected chi connectivity index (χ3v) is 3.78. The van der Waals surface area contributed by atoms with Crippen LogP contribution in [-0.2, 0) is 4.79 Å². The highest BCUT2D eigenvalue weighted by Crippen LogP contribution is 2.30. The van der Waals surface area contributed by atoms with Gasteiger partial charge >= 0.3 is 5.97 Å². The first-order valence-electron chi connectivity index (χ1n) is 7.71. The second kappa shape index (κ2) is 9.22. The van der Waals surface area contributed by atoms with E-state index >= 15 is 0 Å². The fourth-order valence-corrected chi connectivity index (χ4v) is 2.53. The summed E-state index contributed by atoms with van der Waals surface area (Å²) in [6, 6.07) is 6.07. The van der Waals surface area contributed by atoms with Crippen LogP contribution in [-0.4, -0.2) is 18.2 Å². The molecule has 0 spiro atoms. The number of unbranched alkanes of at least 4 members (excludes halogenated alkanes) is 2. The Morgan fingerprint density at radius 3 is 2.67 bits per heavy atom. The summed E-state index contributed by atoms with van der Waals surface area (Å²) in [6.07, 6.45) is 8.76. The quantitative estimate of drug-likeness (QED) is 0.521. The lowest BCUT2D eigenvalue weighted by Crippen LogP contribution is -1.99. The molecule has 1 rings (SSSR count). The molecule has 0 saturated carbocycles. The van der Waals surface area contributed by atoms with Gasteiger partial charge in [-0.25, -0.2) is 4.79 Å². The van der Waals surface area contributed by atoms with Crippen molar-refractivity contribution >= 4 is 12.0 Å². The van der Waals surface area contributed by atoms with Gasteiger partial charge in [0.2, 0.25) is 0 Å². The molecule has 116 valence electrons. The Morgan fingerprint density at radius 1 is 1.33 bits per heavy atom. The van der Waals surface area contributed by atoms with Crippen LogP contribution in [0.5, 0.6) is 5.75 Å². The van der Waals surface area contributed by atoms with E-state index in [4.69, 9.17) is 9.84 Å². The maximum atomic E-state index is 10.6. The van der Waals surface area contributed by atoms with Crippen molar-refractivity contribution in [1.29, 1.82) is 0 Å². The number of hydrogen-bond donors (Lipinski definition) is 1. The van der Waals surface area contributed by atoms with E-state index in [0.29, 0.717) is 5.92 Å². The van der Waals surface area contributed by atoms with Crippen molar-refractivity contribution in [3.63, 3.8) is 0 Å².